The van der Waals surface area contributed by atoms with E-state index in [1.165, 1.54) is 0 Å². The van der Waals surface area contributed by atoms with Gasteiger partial charge in [-0.15, -0.1) is 0 Å². The molecule has 0 aromatic rings. The van der Waals surface area contributed by atoms with Crippen molar-refractivity contribution in [3.05, 3.63) is 0 Å². The van der Waals surface area contributed by atoms with Gasteiger partial charge in [-0.3, -0.25) is 9.59 Å². The molecule has 2 atom stereocenters. The van der Waals surface area contributed by atoms with Gasteiger partial charge in [0, 0.05) is 0 Å². The highest BCUT2D eigenvalue weighted by molar-refractivity contribution is 5.78. The molecule has 0 spiro atoms. The molecular weight excluding hydrogens is 222 g/mol. The Labute approximate surface area is 100.0 Å². The summed E-state index contributed by atoms with van der Waals surface area (Å²) in [7, 11) is 0. The maximum Gasteiger partial charge on any atom is 0.306 e. The minimum Gasteiger partial charge on any atom is -0.481 e. The number of nitriles is 1. The van der Waals surface area contributed by atoms with Crippen molar-refractivity contribution in [2.75, 3.05) is 19.6 Å². The Morgan fingerprint density at radius 2 is 2.18 bits per heavy atom. The summed E-state index contributed by atoms with van der Waals surface area (Å²) in [6, 6.07) is 1.81. The number of carboxylic acid groups (broad SMARTS) is 1. The fourth-order valence-electron chi connectivity index (χ4n) is 2.18. The molecule has 1 aliphatic carbocycles. The van der Waals surface area contributed by atoms with Crippen LogP contribution in [0.3, 0.4) is 0 Å². The molecule has 0 bridgehead atoms. The molecular formula is C11H17N3O3. The van der Waals surface area contributed by atoms with Gasteiger partial charge >= 0.3 is 5.97 Å². The quantitative estimate of drug-likeness (QED) is 0.553. The molecule has 94 valence electrons. The molecule has 0 aromatic carbocycles. The van der Waals surface area contributed by atoms with Gasteiger partial charge in [0.25, 0.3) is 0 Å². The number of nitrogens with one attached hydrogen (secondary N) is 2. The number of carbonyl (C=O) groups is 2. The van der Waals surface area contributed by atoms with Crippen molar-refractivity contribution < 1.29 is 14.7 Å². The summed E-state index contributed by atoms with van der Waals surface area (Å²) in [4.78, 5) is 22.1. The van der Waals surface area contributed by atoms with Crippen molar-refractivity contribution in [1.82, 2.24) is 10.6 Å². The van der Waals surface area contributed by atoms with Gasteiger partial charge in [-0.25, -0.2) is 0 Å². The summed E-state index contributed by atoms with van der Waals surface area (Å²) in [5.74, 6) is -1.17. The first-order valence-corrected chi connectivity index (χ1v) is 5.72. The Kier molecular flexibility index (Phi) is 5.43. The minimum atomic E-state index is -0.747. The van der Waals surface area contributed by atoms with Crippen molar-refractivity contribution >= 4 is 11.9 Å². The van der Waals surface area contributed by atoms with Crippen molar-refractivity contribution in [2.45, 2.75) is 19.3 Å². The van der Waals surface area contributed by atoms with E-state index >= 15 is 0 Å². The fourth-order valence-corrected chi connectivity index (χ4v) is 2.18. The van der Waals surface area contributed by atoms with Crippen LogP contribution in [0.25, 0.3) is 0 Å². The molecule has 3 N–H and O–H groups in total. The van der Waals surface area contributed by atoms with E-state index in [9.17, 15) is 9.59 Å². The molecule has 0 radical (unpaired) electrons. The summed E-state index contributed by atoms with van der Waals surface area (Å²) in [6.45, 7) is 0.670. The monoisotopic (exact) mass is 239 g/mol. The topological polar surface area (TPSA) is 102 Å². The molecule has 1 amide bonds. The van der Waals surface area contributed by atoms with E-state index in [-0.39, 0.29) is 30.8 Å². The molecule has 1 saturated carbocycles. The van der Waals surface area contributed by atoms with Crippen molar-refractivity contribution in [3.8, 4) is 6.07 Å². The second-order valence-corrected chi connectivity index (χ2v) is 4.20. The normalized spacial score (nSPS) is 23.0. The Hall–Kier alpha value is -1.61. The number of hydrogen-bond acceptors (Lipinski definition) is 4. The van der Waals surface area contributed by atoms with E-state index in [1.807, 2.05) is 6.07 Å². The molecule has 0 aliphatic heterocycles. The first-order valence-electron chi connectivity index (χ1n) is 5.72. The Morgan fingerprint density at radius 1 is 1.41 bits per heavy atom. The van der Waals surface area contributed by atoms with Crippen LogP contribution in [0.15, 0.2) is 0 Å². The summed E-state index contributed by atoms with van der Waals surface area (Å²) in [6.07, 6.45) is 2.55. The van der Waals surface area contributed by atoms with Crippen LogP contribution in [0.5, 0.6) is 0 Å². The van der Waals surface area contributed by atoms with E-state index in [1.54, 1.807) is 0 Å². The third kappa shape index (κ3) is 4.41. The van der Waals surface area contributed by atoms with E-state index in [2.05, 4.69) is 10.6 Å². The minimum absolute atomic E-state index is 0.00168. The lowest BCUT2D eigenvalue weighted by atomic mass is 9.96. The van der Waals surface area contributed by atoms with Crippen LogP contribution in [0, 0.1) is 23.2 Å². The van der Waals surface area contributed by atoms with Gasteiger partial charge < -0.3 is 15.7 Å². The van der Waals surface area contributed by atoms with E-state index in [0.29, 0.717) is 6.54 Å². The largest absolute Gasteiger partial charge is 0.481 e. The molecule has 2 unspecified atom stereocenters. The summed E-state index contributed by atoms with van der Waals surface area (Å²) in [5, 5.41) is 22.6. The van der Waals surface area contributed by atoms with E-state index in [0.717, 1.165) is 19.3 Å². The highest BCUT2D eigenvalue weighted by Gasteiger charge is 2.32. The average molecular weight is 239 g/mol. The maximum absolute atomic E-state index is 11.2. The second-order valence-electron chi connectivity index (χ2n) is 4.20. The zero-order valence-corrected chi connectivity index (χ0v) is 9.61. The van der Waals surface area contributed by atoms with Crippen LogP contribution in [-0.2, 0) is 9.59 Å². The van der Waals surface area contributed by atoms with Gasteiger partial charge in [-0.2, -0.15) is 5.26 Å². The number of aliphatic carboxylic acids is 1. The third-order valence-corrected chi connectivity index (χ3v) is 3.03. The average Bonchev–Trinajstić information content (AvgIpc) is 2.74. The number of carboxylic acids is 1. The van der Waals surface area contributed by atoms with Crippen molar-refractivity contribution in [1.29, 1.82) is 5.26 Å². The molecule has 0 aromatic heterocycles. The lowest BCUT2D eigenvalue weighted by molar-refractivity contribution is -0.142. The number of carbonyl (C=O) groups excluding carboxylic acids is 1. The zero-order chi connectivity index (χ0) is 12.7. The smallest absolute Gasteiger partial charge is 0.306 e. The third-order valence-electron chi connectivity index (χ3n) is 3.03. The van der Waals surface area contributed by atoms with E-state index < -0.39 is 5.97 Å². The van der Waals surface area contributed by atoms with Crippen molar-refractivity contribution in [2.24, 2.45) is 11.8 Å². The van der Waals surface area contributed by atoms with Crippen LogP contribution < -0.4 is 10.6 Å². The summed E-state index contributed by atoms with van der Waals surface area (Å²) >= 11 is 0. The standard InChI is InChI=1S/C11H17N3O3/c12-4-5-14-10(15)7-13-6-8-2-1-3-9(8)11(16)17/h8-9,13H,1-3,5-7H2,(H,14,15)(H,16,17). The van der Waals surface area contributed by atoms with Crippen LogP contribution in [-0.4, -0.2) is 36.6 Å². The van der Waals surface area contributed by atoms with Gasteiger partial charge in [0.15, 0.2) is 0 Å². The zero-order valence-electron chi connectivity index (χ0n) is 9.61. The van der Waals surface area contributed by atoms with Crippen LogP contribution in [0.1, 0.15) is 19.3 Å². The van der Waals surface area contributed by atoms with Gasteiger partial charge in [0.1, 0.15) is 6.54 Å². The van der Waals surface area contributed by atoms with E-state index in [4.69, 9.17) is 10.4 Å². The predicted octanol–water partition coefficient (Wildman–Crippen LogP) is -0.283. The first-order chi connectivity index (χ1) is 8.15. The van der Waals surface area contributed by atoms with Gasteiger partial charge in [0.05, 0.1) is 18.5 Å². The van der Waals surface area contributed by atoms with Crippen LogP contribution in [0.2, 0.25) is 0 Å². The van der Waals surface area contributed by atoms with Gasteiger partial charge in [-0.05, 0) is 25.3 Å². The predicted molar refractivity (Wildman–Crippen MR) is 60.0 cm³/mol. The highest BCUT2D eigenvalue weighted by atomic mass is 16.4. The highest BCUT2D eigenvalue weighted by Crippen LogP contribution is 2.31. The van der Waals surface area contributed by atoms with Crippen LogP contribution >= 0.6 is 0 Å². The second kappa shape index (κ2) is 6.86. The van der Waals surface area contributed by atoms with Crippen molar-refractivity contribution in [3.63, 3.8) is 0 Å². The SMILES string of the molecule is N#CCNC(=O)CNCC1CCCC1C(=O)O. The maximum atomic E-state index is 11.2. The summed E-state index contributed by atoms with van der Waals surface area (Å²) < 4.78 is 0. The fraction of sp³-hybridized carbons (Fsp3) is 0.727. The van der Waals surface area contributed by atoms with Crippen LogP contribution in [0.4, 0.5) is 0 Å². The van der Waals surface area contributed by atoms with Gasteiger partial charge in [-0.1, -0.05) is 6.42 Å². The molecule has 1 fully saturated rings. The Bertz CT molecular complexity index is 324. The number of nitrogens with zero attached hydrogens (tertiary/aromatic N) is 1. The lowest BCUT2D eigenvalue weighted by Gasteiger charge is -2.15. The first kappa shape index (κ1) is 13.5. The Morgan fingerprint density at radius 3 is 2.82 bits per heavy atom. The molecule has 17 heavy (non-hydrogen) atoms. The molecule has 6 heteroatoms. The molecule has 6 nitrogen and oxygen atoms in total. The Balaban J connectivity index is 2.20. The molecule has 0 saturated heterocycles. The molecule has 1 rings (SSSR count). The lowest BCUT2D eigenvalue weighted by Crippen LogP contribution is -2.37. The summed E-state index contributed by atoms with van der Waals surface area (Å²) in [5.41, 5.74) is 0. The number of amides is 1. The number of hydrogen-bond donors (Lipinski definition) is 3. The molecule has 0 heterocycles. The molecule has 1 aliphatic rings. The van der Waals surface area contributed by atoms with Gasteiger partial charge in [0.2, 0.25) is 5.91 Å². The number of rotatable bonds is 6.